The minimum atomic E-state index is -4.40. The summed E-state index contributed by atoms with van der Waals surface area (Å²) in [5, 5.41) is 1.39. The normalized spacial score (nSPS) is 11.9. The molecule has 0 saturated carbocycles. The summed E-state index contributed by atoms with van der Waals surface area (Å²) in [7, 11) is 0. The number of pyridine rings is 3. The Morgan fingerprint density at radius 2 is 1.87 bits per heavy atom. The zero-order valence-corrected chi connectivity index (χ0v) is 16.8. The van der Waals surface area contributed by atoms with Gasteiger partial charge in [-0.3, -0.25) is 4.98 Å². The number of nitrogens with one attached hydrogen (secondary N) is 1. The van der Waals surface area contributed by atoms with Crippen LogP contribution in [0.25, 0.3) is 11.0 Å². The van der Waals surface area contributed by atoms with E-state index in [0.29, 0.717) is 23.7 Å². The Morgan fingerprint density at radius 1 is 1.03 bits per heavy atom. The molecule has 154 valence electrons. The molecule has 4 rings (SSSR count). The Labute approximate surface area is 176 Å². The van der Waals surface area contributed by atoms with Gasteiger partial charge in [0.2, 0.25) is 0 Å². The number of H-pyrrole nitrogens is 1. The van der Waals surface area contributed by atoms with E-state index in [1.54, 1.807) is 6.20 Å². The quantitative estimate of drug-likeness (QED) is 0.412. The number of hydrogen-bond acceptors (Lipinski definition) is 3. The largest absolute Gasteiger partial charge is 0.416 e. The second-order valence-corrected chi connectivity index (χ2v) is 7.54. The minimum Gasteiger partial charge on any atom is -0.346 e. The van der Waals surface area contributed by atoms with Crippen molar-refractivity contribution < 1.29 is 13.2 Å². The molecule has 30 heavy (non-hydrogen) atoms. The Kier molecular flexibility index (Phi) is 5.47. The number of nitrogens with zero attached hydrogens (tertiary/aromatic N) is 3. The van der Waals surface area contributed by atoms with Crippen LogP contribution >= 0.6 is 11.6 Å². The Hall–Kier alpha value is -2.93. The maximum absolute atomic E-state index is 13.1. The first-order chi connectivity index (χ1) is 14.3. The maximum atomic E-state index is 13.1. The minimum absolute atomic E-state index is 0.147. The van der Waals surface area contributed by atoms with E-state index in [0.717, 1.165) is 40.0 Å². The van der Waals surface area contributed by atoms with E-state index in [9.17, 15) is 13.2 Å². The van der Waals surface area contributed by atoms with Gasteiger partial charge in [-0.25, -0.2) is 9.97 Å². The third-order valence-electron chi connectivity index (χ3n) is 4.98. The highest BCUT2D eigenvalue weighted by molar-refractivity contribution is 6.30. The first-order valence-corrected chi connectivity index (χ1v) is 9.76. The number of halogens is 4. The van der Waals surface area contributed by atoms with Crippen molar-refractivity contribution in [3.05, 3.63) is 87.7 Å². The van der Waals surface area contributed by atoms with Gasteiger partial charge >= 0.3 is 6.18 Å². The molecular formula is C22H18ClF3N4. The van der Waals surface area contributed by atoms with Gasteiger partial charge in [0.25, 0.3) is 0 Å². The molecule has 0 amide bonds. The van der Waals surface area contributed by atoms with Crippen LogP contribution in [0.3, 0.4) is 0 Å². The lowest BCUT2D eigenvalue weighted by Crippen LogP contribution is -2.10. The number of alkyl halides is 3. The first kappa shape index (κ1) is 20.3. The van der Waals surface area contributed by atoms with Crippen LogP contribution < -0.4 is 0 Å². The molecule has 0 aliphatic carbocycles. The molecular weight excluding hydrogens is 413 g/mol. The number of aryl methyl sites for hydroxylation is 3. The molecule has 0 aliphatic heterocycles. The standard InChI is InChI=1S/C22H18ClF3N4/c1-13-8-18-16(12-29-21(18)28-10-13)9-14-2-4-17(30-20(14)23)5-3-15-11-27-7-6-19(15)22(24,25)26/h2,4,6-8,10-12H,3,5,9H2,1H3,(H,28,29). The molecule has 0 aliphatic rings. The van der Waals surface area contributed by atoms with Crippen LogP contribution in [-0.2, 0) is 25.4 Å². The number of aromatic nitrogens is 4. The molecule has 0 saturated heterocycles. The molecule has 1 N–H and O–H groups in total. The molecule has 0 spiro atoms. The van der Waals surface area contributed by atoms with Crippen molar-refractivity contribution in [2.45, 2.75) is 32.4 Å². The molecule has 0 radical (unpaired) electrons. The zero-order valence-electron chi connectivity index (χ0n) is 16.1. The van der Waals surface area contributed by atoms with Gasteiger partial charge in [-0.15, -0.1) is 0 Å². The summed E-state index contributed by atoms with van der Waals surface area (Å²) in [4.78, 5) is 15.7. The van der Waals surface area contributed by atoms with Crippen LogP contribution in [0.4, 0.5) is 13.2 Å². The second kappa shape index (κ2) is 8.07. The Balaban J connectivity index is 1.51. The van der Waals surface area contributed by atoms with Gasteiger partial charge in [-0.2, -0.15) is 13.2 Å². The van der Waals surface area contributed by atoms with Crippen molar-refractivity contribution in [3.8, 4) is 0 Å². The Morgan fingerprint density at radius 3 is 2.63 bits per heavy atom. The van der Waals surface area contributed by atoms with Crippen molar-refractivity contribution in [2.75, 3.05) is 0 Å². The SMILES string of the molecule is Cc1cnc2[nH]cc(Cc3ccc(CCc4cnccc4C(F)(F)F)nc3Cl)c2c1. The molecule has 0 bridgehead atoms. The van der Waals surface area contributed by atoms with Crippen LogP contribution in [0.2, 0.25) is 5.15 Å². The van der Waals surface area contributed by atoms with Gasteiger partial charge < -0.3 is 4.98 Å². The summed E-state index contributed by atoms with van der Waals surface area (Å²) in [6.07, 6.45) is 2.81. The van der Waals surface area contributed by atoms with Crippen molar-refractivity contribution in [1.82, 2.24) is 19.9 Å². The van der Waals surface area contributed by atoms with Crippen molar-refractivity contribution in [1.29, 1.82) is 0 Å². The molecule has 0 aromatic carbocycles. The molecule has 4 aromatic heterocycles. The zero-order chi connectivity index (χ0) is 21.3. The molecule has 0 fully saturated rings. The molecule has 4 nitrogen and oxygen atoms in total. The van der Waals surface area contributed by atoms with Gasteiger partial charge in [0.15, 0.2) is 0 Å². The molecule has 4 aromatic rings. The van der Waals surface area contributed by atoms with E-state index < -0.39 is 11.7 Å². The summed E-state index contributed by atoms with van der Waals surface area (Å²) >= 11 is 6.39. The fourth-order valence-corrected chi connectivity index (χ4v) is 3.69. The van der Waals surface area contributed by atoms with Gasteiger partial charge in [0.05, 0.1) is 5.56 Å². The van der Waals surface area contributed by atoms with Crippen LogP contribution in [0.1, 0.15) is 33.5 Å². The fourth-order valence-electron chi connectivity index (χ4n) is 3.45. The van der Waals surface area contributed by atoms with Crippen LogP contribution in [0.5, 0.6) is 0 Å². The number of aromatic amines is 1. The lowest BCUT2D eigenvalue weighted by atomic mass is 10.0. The van der Waals surface area contributed by atoms with Crippen molar-refractivity contribution >= 4 is 22.6 Å². The van der Waals surface area contributed by atoms with Crippen molar-refractivity contribution in [2.24, 2.45) is 0 Å². The molecule has 0 atom stereocenters. The van der Waals surface area contributed by atoms with Crippen LogP contribution in [-0.4, -0.2) is 19.9 Å². The summed E-state index contributed by atoms with van der Waals surface area (Å²) in [5.74, 6) is 0. The lowest BCUT2D eigenvalue weighted by molar-refractivity contribution is -0.138. The van der Waals surface area contributed by atoms with Gasteiger partial charge in [0, 0.05) is 42.3 Å². The average Bonchev–Trinajstić information content (AvgIpc) is 3.09. The summed E-state index contributed by atoms with van der Waals surface area (Å²) in [6, 6.07) is 6.75. The lowest BCUT2D eigenvalue weighted by Gasteiger charge is -2.12. The third kappa shape index (κ3) is 4.31. The van der Waals surface area contributed by atoms with E-state index >= 15 is 0 Å². The molecule has 8 heteroatoms. The summed E-state index contributed by atoms with van der Waals surface area (Å²) in [6.45, 7) is 1.99. The maximum Gasteiger partial charge on any atom is 0.416 e. The highest BCUT2D eigenvalue weighted by Crippen LogP contribution is 2.32. The second-order valence-electron chi connectivity index (χ2n) is 7.18. The highest BCUT2D eigenvalue weighted by atomic mass is 35.5. The van der Waals surface area contributed by atoms with E-state index in [1.807, 2.05) is 25.3 Å². The van der Waals surface area contributed by atoms with E-state index in [-0.39, 0.29) is 12.0 Å². The van der Waals surface area contributed by atoms with Gasteiger partial charge in [0.1, 0.15) is 10.8 Å². The van der Waals surface area contributed by atoms with Crippen LogP contribution in [0.15, 0.2) is 49.1 Å². The average molecular weight is 431 g/mol. The fraction of sp³-hybridized carbons (Fsp3) is 0.227. The topological polar surface area (TPSA) is 54.5 Å². The molecule has 4 heterocycles. The van der Waals surface area contributed by atoms with Gasteiger partial charge in [-0.05, 0) is 60.2 Å². The number of rotatable bonds is 5. The summed E-state index contributed by atoms with van der Waals surface area (Å²) in [5.41, 5.74) is 3.90. The highest BCUT2D eigenvalue weighted by Gasteiger charge is 2.33. The Bertz CT molecular complexity index is 1200. The smallest absolute Gasteiger partial charge is 0.346 e. The molecule has 0 unspecified atom stereocenters. The van der Waals surface area contributed by atoms with E-state index in [1.165, 1.54) is 6.20 Å². The predicted octanol–water partition coefficient (Wildman–Crippen LogP) is 5.71. The van der Waals surface area contributed by atoms with Gasteiger partial charge in [-0.1, -0.05) is 17.7 Å². The predicted molar refractivity (Wildman–Crippen MR) is 110 cm³/mol. The first-order valence-electron chi connectivity index (χ1n) is 9.38. The van der Waals surface area contributed by atoms with E-state index in [4.69, 9.17) is 11.6 Å². The summed E-state index contributed by atoms with van der Waals surface area (Å²) < 4.78 is 39.4. The van der Waals surface area contributed by atoms with Crippen molar-refractivity contribution in [3.63, 3.8) is 0 Å². The van der Waals surface area contributed by atoms with E-state index in [2.05, 4.69) is 26.0 Å². The van der Waals surface area contributed by atoms with Crippen LogP contribution in [0, 0.1) is 6.92 Å². The third-order valence-corrected chi connectivity index (χ3v) is 5.30. The number of fused-ring (bicyclic) bond motifs is 1. The monoisotopic (exact) mass is 430 g/mol. The number of hydrogen-bond donors (Lipinski definition) is 1.